The quantitative estimate of drug-likeness (QED) is 0.296. The number of nitro benzene ring substituents is 1. The fourth-order valence-corrected chi connectivity index (χ4v) is 4.09. The molecule has 0 bridgehead atoms. The second-order valence-electron chi connectivity index (χ2n) is 7.32. The predicted molar refractivity (Wildman–Crippen MR) is 120 cm³/mol. The van der Waals surface area contributed by atoms with Crippen LogP contribution in [0.5, 0.6) is 0 Å². The Morgan fingerprint density at radius 1 is 1.16 bits per heavy atom. The van der Waals surface area contributed by atoms with Gasteiger partial charge in [-0.15, -0.1) is 11.8 Å². The van der Waals surface area contributed by atoms with Crippen LogP contribution in [0.25, 0.3) is 11.3 Å². The number of carbonyl (C=O) groups is 1. The van der Waals surface area contributed by atoms with Gasteiger partial charge in [-0.2, -0.15) is 5.10 Å². The van der Waals surface area contributed by atoms with Crippen LogP contribution in [0.1, 0.15) is 36.3 Å². The Labute approximate surface area is 183 Å². The Bertz CT molecular complexity index is 1180. The molecule has 3 aromatic rings. The lowest BCUT2D eigenvalue weighted by Gasteiger charge is -2.17. The molecule has 0 aliphatic carbocycles. The number of hydrogen-bond donors (Lipinski definition) is 0. The number of rotatable bonds is 5. The fourth-order valence-electron chi connectivity index (χ4n) is 3.68. The summed E-state index contributed by atoms with van der Waals surface area (Å²) in [5.41, 5.74) is 3.18. The number of nitrogens with zero attached hydrogens (tertiary/aromatic N) is 3. The van der Waals surface area contributed by atoms with Crippen LogP contribution in [0, 0.1) is 17.0 Å². The van der Waals surface area contributed by atoms with Gasteiger partial charge >= 0.3 is 0 Å². The molecule has 1 amide bonds. The largest absolute Gasteiger partial charge is 0.459 e. The Morgan fingerprint density at radius 2 is 1.87 bits per heavy atom. The second kappa shape index (κ2) is 8.39. The fraction of sp³-hybridized carbons (Fsp3) is 0.217. The molecule has 0 saturated heterocycles. The van der Waals surface area contributed by atoms with Gasteiger partial charge in [-0.05, 0) is 55.1 Å². The van der Waals surface area contributed by atoms with Gasteiger partial charge in [0.15, 0.2) is 0 Å². The van der Waals surface area contributed by atoms with Crippen molar-refractivity contribution >= 4 is 29.1 Å². The highest BCUT2D eigenvalue weighted by atomic mass is 32.2. The van der Waals surface area contributed by atoms with Crippen LogP contribution >= 0.6 is 11.8 Å². The number of nitro groups is 1. The normalized spacial score (nSPS) is 15.8. The molecule has 0 spiro atoms. The summed E-state index contributed by atoms with van der Waals surface area (Å²) < 4.78 is 6.07. The number of thioether (sulfide) groups is 1. The van der Waals surface area contributed by atoms with E-state index in [-0.39, 0.29) is 17.6 Å². The predicted octanol–water partition coefficient (Wildman–Crippen LogP) is 5.58. The van der Waals surface area contributed by atoms with E-state index in [0.29, 0.717) is 23.5 Å². The number of aryl methyl sites for hydroxylation is 1. The molecule has 1 aliphatic rings. The zero-order valence-corrected chi connectivity index (χ0v) is 18.2. The average Bonchev–Trinajstić information content (AvgIpc) is 3.41. The maximum Gasteiger partial charge on any atom is 0.272 e. The molecule has 31 heavy (non-hydrogen) atoms. The van der Waals surface area contributed by atoms with E-state index in [9.17, 15) is 14.9 Å². The van der Waals surface area contributed by atoms with Crippen LogP contribution in [0.4, 0.5) is 5.69 Å². The van der Waals surface area contributed by atoms with Crippen molar-refractivity contribution in [3.63, 3.8) is 0 Å². The van der Waals surface area contributed by atoms with Gasteiger partial charge in [0, 0.05) is 35.4 Å². The van der Waals surface area contributed by atoms with Gasteiger partial charge < -0.3 is 4.42 Å². The number of amides is 1. The van der Waals surface area contributed by atoms with Crippen molar-refractivity contribution in [3.8, 4) is 11.3 Å². The zero-order valence-electron chi connectivity index (χ0n) is 17.4. The SMILES string of the molecule is CSc1ccc(C2=NN(C(C)=O)C(c3ccc(-c4ccc([N+](=O)[O-])c(C)c4)o3)C2)cc1. The first-order chi connectivity index (χ1) is 14.9. The Morgan fingerprint density at radius 3 is 2.48 bits per heavy atom. The van der Waals surface area contributed by atoms with E-state index in [2.05, 4.69) is 5.10 Å². The third-order valence-corrected chi connectivity index (χ3v) is 6.03. The molecule has 1 atom stereocenters. The lowest BCUT2D eigenvalue weighted by Crippen LogP contribution is -2.23. The number of furan rings is 1. The molecule has 1 unspecified atom stereocenters. The maximum atomic E-state index is 12.2. The van der Waals surface area contributed by atoms with E-state index in [0.717, 1.165) is 21.7 Å². The van der Waals surface area contributed by atoms with E-state index in [1.807, 2.05) is 42.7 Å². The molecule has 0 saturated carbocycles. The minimum atomic E-state index is -0.402. The van der Waals surface area contributed by atoms with E-state index < -0.39 is 4.92 Å². The van der Waals surface area contributed by atoms with Gasteiger partial charge in [0.25, 0.3) is 5.69 Å². The smallest absolute Gasteiger partial charge is 0.272 e. The van der Waals surface area contributed by atoms with Crippen LogP contribution in [0.3, 0.4) is 0 Å². The standard InChI is InChI=1S/C23H21N3O4S/c1-14-12-17(6-9-20(14)26(28)29)22-10-11-23(30-22)21-13-19(24-25(21)15(2)27)16-4-7-18(31-3)8-5-16/h4-12,21H,13H2,1-3H3. The molecule has 1 aliphatic heterocycles. The van der Waals surface area contributed by atoms with Crippen molar-refractivity contribution in [2.24, 2.45) is 5.10 Å². The lowest BCUT2D eigenvalue weighted by atomic mass is 10.0. The number of hydrazone groups is 1. The average molecular weight is 436 g/mol. The Hall–Kier alpha value is -3.39. The summed E-state index contributed by atoms with van der Waals surface area (Å²) >= 11 is 1.67. The van der Waals surface area contributed by atoms with Gasteiger partial charge in [-0.3, -0.25) is 14.9 Å². The summed E-state index contributed by atoms with van der Waals surface area (Å²) in [6, 6.07) is 16.3. The maximum absolute atomic E-state index is 12.2. The molecule has 0 radical (unpaired) electrons. The molecular formula is C23H21N3O4S. The van der Waals surface area contributed by atoms with Crippen LogP contribution in [-0.2, 0) is 4.79 Å². The van der Waals surface area contributed by atoms with E-state index in [4.69, 9.17) is 4.42 Å². The molecule has 2 aromatic carbocycles. The van der Waals surface area contributed by atoms with E-state index in [1.165, 1.54) is 18.0 Å². The van der Waals surface area contributed by atoms with Gasteiger partial charge in [0.2, 0.25) is 5.91 Å². The van der Waals surface area contributed by atoms with Crippen molar-refractivity contribution in [3.05, 3.63) is 81.6 Å². The number of benzene rings is 2. The Kier molecular flexibility index (Phi) is 5.65. The van der Waals surface area contributed by atoms with Crippen LogP contribution in [-0.4, -0.2) is 27.8 Å². The third-order valence-electron chi connectivity index (χ3n) is 5.29. The summed E-state index contributed by atoms with van der Waals surface area (Å²) in [7, 11) is 0. The minimum Gasteiger partial charge on any atom is -0.459 e. The van der Waals surface area contributed by atoms with Crippen molar-refractivity contribution in [1.82, 2.24) is 5.01 Å². The summed E-state index contributed by atoms with van der Waals surface area (Å²) in [6.07, 6.45) is 2.57. The second-order valence-corrected chi connectivity index (χ2v) is 8.20. The van der Waals surface area contributed by atoms with Gasteiger partial charge in [0.05, 0.1) is 10.6 Å². The van der Waals surface area contributed by atoms with Crippen LogP contribution in [0.15, 0.2) is 69.0 Å². The van der Waals surface area contributed by atoms with Crippen molar-refractivity contribution < 1.29 is 14.1 Å². The van der Waals surface area contributed by atoms with Crippen LogP contribution < -0.4 is 0 Å². The van der Waals surface area contributed by atoms with Gasteiger partial charge in [-0.1, -0.05) is 12.1 Å². The zero-order chi connectivity index (χ0) is 22.1. The number of carbonyl (C=O) groups excluding carboxylic acids is 1. The van der Waals surface area contributed by atoms with Crippen molar-refractivity contribution in [1.29, 1.82) is 0 Å². The Balaban J connectivity index is 1.61. The molecule has 0 fully saturated rings. The summed E-state index contributed by atoms with van der Waals surface area (Å²) in [4.78, 5) is 24.1. The van der Waals surface area contributed by atoms with E-state index >= 15 is 0 Å². The minimum absolute atomic E-state index is 0.0691. The molecule has 4 rings (SSSR count). The summed E-state index contributed by atoms with van der Waals surface area (Å²) in [5, 5.41) is 17.1. The van der Waals surface area contributed by atoms with Gasteiger partial charge in [-0.25, -0.2) is 5.01 Å². The first-order valence-corrected chi connectivity index (χ1v) is 11.0. The topological polar surface area (TPSA) is 89.0 Å². The van der Waals surface area contributed by atoms with E-state index in [1.54, 1.807) is 30.8 Å². The third kappa shape index (κ3) is 4.11. The molecule has 2 heterocycles. The molecule has 7 nitrogen and oxygen atoms in total. The summed E-state index contributed by atoms with van der Waals surface area (Å²) in [6.45, 7) is 3.18. The molecular weight excluding hydrogens is 414 g/mol. The van der Waals surface area contributed by atoms with Crippen LogP contribution in [0.2, 0.25) is 0 Å². The molecule has 0 N–H and O–H groups in total. The summed E-state index contributed by atoms with van der Waals surface area (Å²) in [5.74, 6) is 1.06. The molecule has 158 valence electrons. The van der Waals surface area contributed by atoms with Crippen molar-refractivity contribution in [2.75, 3.05) is 6.26 Å². The van der Waals surface area contributed by atoms with Gasteiger partial charge in [0.1, 0.15) is 17.6 Å². The van der Waals surface area contributed by atoms with Crippen molar-refractivity contribution in [2.45, 2.75) is 31.2 Å². The highest BCUT2D eigenvalue weighted by Crippen LogP contribution is 2.36. The highest BCUT2D eigenvalue weighted by Gasteiger charge is 2.33. The highest BCUT2D eigenvalue weighted by molar-refractivity contribution is 7.98. The first kappa shape index (κ1) is 20.9. The first-order valence-electron chi connectivity index (χ1n) is 9.74. The lowest BCUT2D eigenvalue weighted by molar-refractivity contribution is -0.385. The molecule has 8 heteroatoms. The monoisotopic (exact) mass is 435 g/mol. The number of hydrogen-bond acceptors (Lipinski definition) is 6. The molecule has 1 aromatic heterocycles.